The summed E-state index contributed by atoms with van der Waals surface area (Å²) in [5.41, 5.74) is 3.46. The highest BCUT2D eigenvalue weighted by molar-refractivity contribution is 9.13. The van der Waals surface area contributed by atoms with Crippen molar-refractivity contribution in [2.75, 3.05) is 13.4 Å². The highest BCUT2D eigenvalue weighted by Crippen LogP contribution is 2.41. The van der Waals surface area contributed by atoms with E-state index in [2.05, 4.69) is 42.4 Å². The Balaban J connectivity index is 1.75. The number of fused-ring (bicyclic) bond motifs is 1. The second kappa shape index (κ2) is 7.96. The monoisotopic (exact) mass is 484 g/mol. The van der Waals surface area contributed by atoms with Crippen molar-refractivity contribution in [2.24, 2.45) is 5.10 Å². The zero-order valence-corrected chi connectivity index (χ0v) is 16.8. The molecule has 0 spiro atoms. The van der Waals surface area contributed by atoms with Gasteiger partial charge in [-0.1, -0.05) is 0 Å². The number of benzene rings is 2. The Morgan fingerprint density at radius 2 is 2.08 bits per heavy atom. The van der Waals surface area contributed by atoms with Crippen molar-refractivity contribution in [2.45, 2.75) is 6.92 Å². The Morgan fingerprint density at radius 3 is 2.85 bits per heavy atom. The average molecular weight is 486 g/mol. The molecule has 0 unspecified atom stereocenters. The lowest BCUT2D eigenvalue weighted by molar-refractivity contribution is 0.0954. The van der Waals surface area contributed by atoms with Gasteiger partial charge in [-0.3, -0.25) is 4.79 Å². The first kappa shape index (κ1) is 18.5. The summed E-state index contributed by atoms with van der Waals surface area (Å²) in [6.45, 7) is 2.36. The molecule has 2 aromatic carbocycles. The second-order valence-corrected chi connectivity index (χ2v) is 6.73. The summed E-state index contributed by atoms with van der Waals surface area (Å²) in [6.07, 6.45) is 1.45. The molecule has 26 heavy (non-hydrogen) atoms. The number of phenolic OH excluding ortho intramolecular Hbond substituents is 1. The highest BCUT2D eigenvalue weighted by Gasteiger charge is 2.16. The number of aromatic hydroxyl groups is 1. The zero-order valence-electron chi connectivity index (χ0n) is 13.6. The van der Waals surface area contributed by atoms with Gasteiger partial charge in [-0.15, -0.1) is 0 Å². The molecule has 0 atom stereocenters. The highest BCUT2D eigenvalue weighted by atomic mass is 79.9. The summed E-state index contributed by atoms with van der Waals surface area (Å²) in [6, 6.07) is 6.50. The molecule has 0 saturated heterocycles. The summed E-state index contributed by atoms with van der Waals surface area (Å²) in [5, 5.41) is 14.0. The fourth-order valence-electron chi connectivity index (χ4n) is 2.23. The molecule has 1 amide bonds. The Hall–Kier alpha value is -2.26. The van der Waals surface area contributed by atoms with Crippen LogP contribution in [0, 0.1) is 0 Å². The van der Waals surface area contributed by atoms with Crippen LogP contribution in [-0.2, 0) is 0 Å². The van der Waals surface area contributed by atoms with Gasteiger partial charge in [-0.25, -0.2) is 5.43 Å². The number of ether oxygens (including phenoxy) is 3. The van der Waals surface area contributed by atoms with Gasteiger partial charge in [0.2, 0.25) is 6.79 Å². The minimum atomic E-state index is -0.390. The Kier molecular flexibility index (Phi) is 5.67. The van der Waals surface area contributed by atoms with Crippen molar-refractivity contribution in [3.63, 3.8) is 0 Å². The molecule has 7 nitrogen and oxygen atoms in total. The molecule has 0 radical (unpaired) electrons. The third kappa shape index (κ3) is 3.78. The number of nitrogens with one attached hydrogen (secondary N) is 1. The molecule has 3 rings (SSSR count). The van der Waals surface area contributed by atoms with Crippen LogP contribution in [0.3, 0.4) is 0 Å². The van der Waals surface area contributed by atoms with Gasteiger partial charge in [0.05, 0.1) is 17.3 Å². The van der Waals surface area contributed by atoms with Crippen molar-refractivity contribution in [3.05, 3.63) is 44.3 Å². The molecule has 1 aliphatic rings. The van der Waals surface area contributed by atoms with Gasteiger partial charge in [-0.05, 0) is 63.0 Å². The number of amides is 1. The van der Waals surface area contributed by atoms with Crippen molar-refractivity contribution >= 4 is 44.0 Å². The number of nitrogens with zero attached hydrogens (tertiary/aromatic N) is 1. The van der Waals surface area contributed by atoms with Gasteiger partial charge in [0.15, 0.2) is 23.0 Å². The molecule has 1 heterocycles. The molecule has 0 saturated carbocycles. The van der Waals surface area contributed by atoms with Crippen LogP contribution >= 0.6 is 31.9 Å². The van der Waals surface area contributed by atoms with Crippen LogP contribution in [0.15, 0.2) is 38.3 Å². The lowest BCUT2D eigenvalue weighted by atomic mass is 10.2. The molecule has 0 aromatic heterocycles. The van der Waals surface area contributed by atoms with E-state index in [-0.39, 0.29) is 12.5 Å². The summed E-state index contributed by atoms with van der Waals surface area (Å²) >= 11 is 6.65. The number of halogens is 2. The van der Waals surface area contributed by atoms with Crippen LogP contribution < -0.4 is 19.6 Å². The van der Waals surface area contributed by atoms with Crippen LogP contribution in [0.5, 0.6) is 23.0 Å². The largest absolute Gasteiger partial charge is 0.503 e. The second-order valence-electron chi connectivity index (χ2n) is 5.14. The van der Waals surface area contributed by atoms with Crippen LogP contribution in [0.1, 0.15) is 22.8 Å². The van der Waals surface area contributed by atoms with E-state index >= 15 is 0 Å². The minimum absolute atomic E-state index is 0.0136. The number of phenols is 1. The van der Waals surface area contributed by atoms with E-state index in [9.17, 15) is 9.90 Å². The van der Waals surface area contributed by atoms with E-state index in [1.54, 1.807) is 24.3 Å². The third-order valence-electron chi connectivity index (χ3n) is 3.48. The van der Waals surface area contributed by atoms with Crippen molar-refractivity contribution in [1.82, 2.24) is 5.43 Å². The number of carbonyl (C=O) groups excluding carboxylic acids is 1. The van der Waals surface area contributed by atoms with Crippen LogP contribution in [0.4, 0.5) is 0 Å². The van der Waals surface area contributed by atoms with E-state index in [1.165, 1.54) is 6.21 Å². The van der Waals surface area contributed by atoms with Crippen LogP contribution in [0.2, 0.25) is 0 Å². The molecule has 0 fully saturated rings. The quantitative estimate of drug-likeness (QED) is 0.496. The first-order valence-corrected chi connectivity index (χ1v) is 9.16. The predicted molar refractivity (Wildman–Crippen MR) is 102 cm³/mol. The average Bonchev–Trinajstić information content (AvgIpc) is 3.11. The summed E-state index contributed by atoms with van der Waals surface area (Å²) < 4.78 is 16.9. The molecule has 2 N–H and O–H groups in total. The van der Waals surface area contributed by atoms with Gasteiger partial charge in [0.25, 0.3) is 5.91 Å². The summed E-state index contributed by atoms with van der Waals surface area (Å²) in [4.78, 5) is 12.2. The summed E-state index contributed by atoms with van der Waals surface area (Å²) in [7, 11) is 0. The number of rotatable bonds is 5. The topological polar surface area (TPSA) is 89.4 Å². The molecule has 9 heteroatoms. The van der Waals surface area contributed by atoms with Crippen molar-refractivity contribution < 1.29 is 24.1 Å². The Labute approximate surface area is 166 Å². The van der Waals surface area contributed by atoms with Crippen LogP contribution in [0.25, 0.3) is 0 Å². The third-order valence-corrected chi connectivity index (χ3v) is 5.64. The smallest absolute Gasteiger partial charge is 0.271 e. The van der Waals surface area contributed by atoms with E-state index in [1.807, 2.05) is 6.92 Å². The Bertz CT molecular complexity index is 886. The molecular weight excluding hydrogens is 472 g/mol. The first-order valence-electron chi connectivity index (χ1n) is 7.58. The molecule has 1 aliphatic heterocycles. The summed E-state index contributed by atoms with van der Waals surface area (Å²) in [5.74, 6) is 1.03. The van der Waals surface area contributed by atoms with Gasteiger partial charge in [0, 0.05) is 15.6 Å². The number of hydrazone groups is 1. The normalized spacial score (nSPS) is 12.4. The number of hydrogen-bond acceptors (Lipinski definition) is 6. The van der Waals surface area contributed by atoms with Gasteiger partial charge >= 0.3 is 0 Å². The SMILES string of the molecule is CCOc1cc(C=NNC(=O)c2ccc3c(c2)OCO3)c(Br)c(Br)c1O. The predicted octanol–water partition coefficient (Wildman–Crippen LogP) is 3.81. The zero-order chi connectivity index (χ0) is 18.7. The van der Waals surface area contributed by atoms with Gasteiger partial charge < -0.3 is 19.3 Å². The fraction of sp³-hybridized carbons (Fsp3) is 0.176. The van der Waals surface area contributed by atoms with Crippen molar-refractivity contribution in [3.8, 4) is 23.0 Å². The fourth-order valence-corrected chi connectivity index (χ4v) is 3.06. The van der Waals surface area contributed by atoms with E-state index in [4.69, 9.17) is 14.2 Å². The minimum Gasteiger partial charge on any atom is -0.503 e. The van der Waals surface area contributed by atoms with E-state index in [0.717, 1.165) is 0 Å². The van der Waals surface area contributed by atoms with Gasteiger partial charge in [-0.2, -0.15) is 5.10 Å². The first-order chi connectivity index (χ1) is 12.5. The molecule has 136 valence electrons. The lowest BCUT2D eigenvalue weighted by Gasteiger charge is -2.10. The molecule has 0 aliphatic carbocycles. The molecule has 0 bridgehead atoms. The lowest BCUT2D eigenvalue weighted by Crippen LogP contribution is -2.17. The van der Waals surface area contributed by atoms with Gasteiger partial charge in [0.1, 0.15) is 0 Å². The number of carbonyl (C=O) groups is 1. The van der Waals surface area contributed by atoms with E-state index in [0.29, 0.717) is 43.9 Å². The maximum Gasteiger partial charge on any atom is 0.271 e. The maximum atomic E-state index is 12.2. The van der Waals surface area contributed by atoms with E-state index < -0.39 is 5.91 Å². The molecular formula is C17H14Br2N2O5. The maximum absolute atomic E-state index is 12.2. The Morgan fingerprint density at radius 1 is 1.31 bits per heavy atom. The number of hydrogen-bond donors (Lipinski definition) is 2. The van der Waals surface area contributed by atoms with Crippen LogP contribution in [-0.4, -0.2) is 30.6 Å². The molecule has 2 aromatic rings. The van der Waals surface area contributed by atoms with Crippen molar-refractivity contribution in [1.29, 1.82) is 0 Å². The standard InChI is InChI=1S/C17H14Br2N2O5/c1-2-24-13-6-10(14(18)15(19)16(13)22)7-20-21-17(23)9-3-4-11-12(5-9)26-8-25-11/h3-7,22H,2,8H2,1H3,(H,21,23).